The molecule has 0 bridgehead atoms. The van der Waals surface area contributed by atoms with Gasteiger partial charge in [-0.2, -0.15) is 5.10 Å². The number of fused-ring (bicyclic) bond motifs is 1. The largest absolute Gasteiger partial charge is 0.489 e. The summed E-state index contributed by atoms with van der Waals surface area (Å²) >= 11 is 0. The Kier molecular flexibility index (Phi) is 6.55. The number of carbonyl (C=O) groups is 1. The topological polar surface area (TPSA) is 50.7 Å². The number of nitrogens with one attached hydrogen (secondary N) is 1. The molecule has 4 nitrogen and oxygen atoms in total. The van der Waals surface area contributed by atoms with Gasteiger partial charge < -0.3 is 4.74 Å². The van der Waals surface area contributed by atoms with Crippen LogP contribution in [-0.4, -0.2) is 12.1 Å². The first kappa shape index (κ1) is 22.3. The minimum atomic E-state index is -0.241. The molecule has 0 saturated heterocycles. The average molecular weight is 437 g/mol. The van der Waals surface area contributed by atoms with E-state index in [1.54, 1.807) is 6.21 Å². The van der Waals surface area contributed by atoms with Crippen LogP contribution in [0, 0.1) is 0 Å². The van der Waals surface area contributed by atoms with Gasteiger partial charge in [-0.25, -0.2) is 5.43 Å². The van der Waals surface area contributed by atoms with E-state index in [1.165, 1.54) is 16.3 Å². The van der Waals surface area contributed by atoms with E-state index in [0.717, 1.165) is 16.9 Å². The molecule has 0 aliphatic heterocycles. The van der Waals surface area contributed by atoms with Gasteiger partial charge in [-0.15, -0.1) is 0 Å². The molecule has 0 saturated carbocycles. The summed E-state index contributed by atoms with van der Waals surface area (Å²) in [6, 6.07) is 29.8. The molecular weight excluding hydrogens is 408 g/mol. The van der Waals surface area contributed by atoms with Gasteiger partial charge in [-0.1, -0.05) is 87.5 Å². The van der Waals surface area contributed by atoms with Gasteiger partial charge in [0, 0.05) is 5.56 Å². The van der Waals surface area contributed by atoms with Gasteiger partial charge in [0.05, 0.1) is 6.21 Å². The van der Waals surface area contributed by atoms with Gasteiger partial charge in [0.1, 0.15) is 12.4 Å². The summed E-state index contributed by atoms with van der Waals surface area (Å²) in [7, 11) is 0. The van der Waals surface area contributed by atoms with Gasteiger partial charge in [-0.3, -0.25) is 4.79 Å². The first-order valence-electron chi connectivity index (χ1n) is 11.0. The maximum atomic E-state index is 12.4. The Hall–Kier alpha value is -3.92. The van der Waals surface area contributed by atoms with Crippen LogP contribution in [0.1, 0.15) is 47.8 Å². The second kappa shape index (κ2) is 9.70. The van der Waals surface area contributed by atoms with Crippen LogP contribution in [0.25, 0.3) is 10.8 Å². The highest BCUT2D eigenvalue weighted by atomic mass is 16.5. The number of hydrogen-bond acceptors (Lipinski definition) is 3. The highest BCUT2D eigenvalue weighted by Gasteiger charge is 2.14. The SMILES string of the molecule is CC(C)(C)c1ccc(C(=O)N/N=C\c2cccc(OCc3cccc4ccccc34)c2)cc1. The van der Waals surface area contributed by atoms with Crippen molar-refractivity contribution in [3.63, 3.8) is 0 Å². The molecular formula is C29H28N2O2. The minimum absolute atomic E-state index is 0.0495. The van der Waals surface area contributed by atoms with Crippen LogP contribution >= 0.6 is 0 Å². The summed E-state index contributed by atoms with van der Waals surface area (Å²) in [6.07, 6.45) is 1.62. The molecule has 166 valence electrons. The van der Waals surface area contributed by atoms with Crippen molar-refractivity contribution in [3.8, 4) is 5.75 Å². The molecule has 0 atom stereocenters. The Morgan fingerprint density at radius 1 is 0.909 bits per heavy atom. The van der Waals surface area contributed by atoms with E-state index < -0.39 is 0 Å². The molecule has 4 rings (SSSR count). The Bertz CT molecular complexity index is 1280. The fourth-order valence-electron chi connectivity index (χ4n) is 3.62. The average Bonchev–Trinajstić information content (AvgIpc) is 2.82. The molecule has 4 aromatic rings. The Morgan fingerprint density at radius 2 is 1.64 bits per heavy atom. The normalized spacial score (nSPS) is 11.6. The van der Waals surface area contributed by atoms with Gasteiger partial charge in [-0.05, 0) is 57.1 Å². The summed E-state index contributed by atoms with van der Waals surface area (Å²) in [4.78, 5) is 12.4. The van der Waals surface area contributed by atoms with E-state index in [1.807, 2.05) is 66.7 Å². The zero-order valence-electron chi connectivity index (χ0n) is 19.2. The summed E-state index contributed by atoms with van der Waals surface area (Å²) in [6.45, 7) is 6.91. The Labute approximate surface area is 194 Å². The summed E-state index contributed by atoms with van der Waals surface area (Å²) < 4.78 is 6.03. The lowest BCUT2D eigenvalue weighted by molar-refractivity contribution is 0.0955. The van der Waals surface area contributed by atoms with Crippen LogP contribution in [0.15, 0.2) is 96.1 Å². The van der Waals surface area contributed by atoms with Crippen molar-refractivity contribution in [2.24, 2.45) is 5.10 Å². The summed E-state index contributed by atoms with van der Waals surface area (Å²) in [5.74, 6) is 0.506. The van der Waals surface area contributed by atoms with Crippen LogP contribution in [0.2, 0.25) is 0 Å². The van der Waals surface area contributed by atoms with Crippen molar-refractivity contribution in [1.82, 2.24) is 5.43 Å². The van der Waals surface area contributed by atoms with E-state index in [9.17, 15) is 4.79 Å². The minimum Gasteiger partial charge on any atom is -0.489 e. The third-order valence-corrected chi connectivity index (χ3v) is 5.53. The quantitative estimate of drug-likeness (QED) is 0.278. The molecule has 33 heavy (non-hydrogen) atoms. The van der Waals surface area contributed by atoms with Crippen LogP contribution in [0.4, 0.5) is 0 Å². The second-order valence-corrected chi connectivity index (χ2v) is 9.03. The molecule has 0 aromatic heterocycles. The molecule has 0 aliphatic rings. The number of nitrogens with zero attached hydrogens (tertiary/aromatic N) is 1. The van der Waals surface area contributed by atoms with Gasteiger partial charge in [0.2, 0.25) is 0 Å². The molecule has 0 aliphatic carbocycles. The van der Waals surface area contributed by atoms with Crippen LogP contribution < -0.4 is 10.2 Å². The van der Waals surface area contributed by atoms with Gasteiger partial charge in [0.15, 0.2) is 0 Å². The molecule has 4 aromatic carbocycles. The van der Waals surface area contributed by atoms with Gasteiger partial charge in [0.25, 0.3) is 5.91 Å². The molecule has 0 heterocycles. The van der Waals surface area contributed by atoms with Crippen LogP contribution in [-0.2, 0) is 12.0 Å². The zero-order chi connectivity index (χ0) is 23.3. The van der Waals surface area contributed by atoms with E-state index >= 15 is 0 Å². The van der Waals surface area contributed by atoms with Crippen molar-refractivity contribution in [3.05, 3.63) is 113 Å². The Balaban J connectivity index is 1.37. The molecule has 0 fully saturated rings. The predicted octanol–water partition coefficient (Wildman–Crippen LogP) is 6.48. The Morgan fingerprint density at radius 3 is 2.42 bits per heavy atom. The molecule has 1 amide bonds. The number of hydrogen-bond donors (Lipinski definition) is 1. The molecule has 0 unspecified atom stereocenters. The lowest BCUT2D eigenvalue weighted by atomic mass is 9.87. The number of rotatable bonds is 6. The standard InChI is InChI=1S/C29H28N2O2/c1-29(2,3)25-16-14-23(15-17-25)28(32)31-30-19-21-8-6-12-26(18-21)33-20-24-11-7-10-22-9-4-5-13-27(22)24/h4-19H,20H2,1-3H3,(H,31,32)/b30-19-. The van der Waals surface area contributed by atoms with Crippen molar-refractivity contribution in [2.45, 2.75) is 32.8 Å². The lowest BCUT2D eigenvalue weighted by Crippen LogP contribution is -2.18. The van der Waals surface area contributed by atoms with E-state index in [4.69, 9.17) is 4.74 Å². The first-order valence-corrected chi connectivity index (χ1v) is 11.0. The summed E-state index contributed by atoms with van der Waals surface area (Å²) in [5, 5.41) is 6.50. The fraction of sp³-hybridized carbons (Fsp3) is 0.172. The van der Waals surface area contributed by atoms with E-state index in [0.29, 0.717) is 12.2 Å². The van der Waals surface area contributed by atoms with Gasteiger partial charge >= 0.3 is 0 Å². The predicted molar refractivity (Wildman–Crippen MR) is 135 cm³/mol. The smallest absolute Gasteiger partial charge is 0.271 e. The number of ether oxygens (including phenoxy) is 1. The van der Waals surface area contributed by atoms with Crippen molar-refractivity contribution >= 4 is 22.9 Å². The number of amides is 1. The van der Waals surface area contributed by atoms with Crippen LogP contribution in [0.5, 0.6) is 5.75 Å². The van der Waals surface area contributed by atoms with Crippen molar-refractivity contribution in [2.75, 3.05) is 0 Å². The van der Waals surface area contributed by atoms with E-state index in [-0.39, 0.29) is 11.3 Å². The maximum Gasteiger partial charge on any atom is 0.271 e. The molecule has 4 heteroatoms. The molecule has 1 N–H and O–H groups in total. The zero-order valence-corrected chi connectivity index (χ0v) is 19.2. The fourth-order valence-corrected chi connectivity index (χ4v) is 3.62. The monoisotopic (exact) mass is 436 g/mol. The molecule has 0 spiro atoms. The second-order valence-electron chi connectivity index (χ2n) is 9.03. The first-order chi connectivity index (χ1) is 15.9. The highest BCUT2D eigenvalue weighted by Crippen LogP contribution is 2.23. The number of benzene rings is 4. The lowest BCUT2D eigenvalue weighted by Gasteiger charge is -2.18. The summed E-state index contributed by atoms with van der Waals surface area (Å²) in [5.41, 5.74) is 6.38. The highest BCUT2D eigenvalue weighted by molar-refractivity contribution is 5.95. The van der Waals surface area contributed by atoms with E-state index in [2.05, 4.69) is 55.6 Å². The van der Waals surface area contributed by atoms with Crippen molar-refractivity contribution in [1.29, 1.82) is 0 Å². The number of carbonyl (C=O) groups excluding carboxylic acids is 1. The maximum absolute atomic E-state index is 12.4. The third-order valence-electron chi connectivity index (χ3n) is 5.53. The third kappa shape index (κ3) is 5.66. The van der Waals surface area contributed by atoms with Crippen LogP contribution in [0.3, 0.4) is 0 Å². The molecule has 0 radical (unpaired) electrons. The van der Waals surface area contributed by atoms with Crippen molar-refractivity contribution < 1.29 is 9.53 Å². The number of hydrazone groups is 1.